The first-order chi connectivity index (χ1) is 8.10. The number of hydrogen-bond donors (Lipinski definition) is 2. The van der Waals surface area contributed by atoms with Crippen molar-refractivity contribution in [3.63, 3.8) is 0 Å². The number of aromatic nitrogens is 2. The van der Waals surface area contributed by atoms with Gasteiger partial charge in [0.05, 0.1) is 5.52 Å². The van der Waals surface area contributed by atoms with Gasteiger partial charge in [0.15, 0.2) is 15.8 Å². The van der Waals surface area contributed by atoms with Crippen molar-refractivity contribution in [1.29, 1.82) is 0 Å². The molecule has 1 aromatic carbocycles. The van der Waals surface area contributed by atoms with Crippen LogP contribution in [0.15, 0.2) is 21.9 Å². The zero-order valence-electron chi connectivity index (χ0n) is 9.01. The Balaban J connectivity index is 3.07. The first-order valence-corrected chi connectivity index (χ1v) is 8.73. The van der Waals surface area contributed by atoms with Gasteiger partial charge in [-0.3, -0.25) is 0 Å². The lowest BCUT2D eigenvalue weighted by Gasteiger charge is -2.05. The summed E-state index contributed by atoms with van der Waals surface area (Å²) in [4.78, 5) is 5.42. The fraction of sp³-hybridized carbons (Fsp3) is 0.125. The Morgan fingerprint density at radius 2 is 1.89 bits per heavy atom. The van der Waals surface area contributed by atoms with E-state index in [0.717, 1.165) is 12.3 Å². The van der Waals surface area contributed by atoms with Gasteiger partial charge < -0.3 is 10.7 Å². The lowest BCUT2D eigenvalue weighted by atomic mass is 10.3. The second-order valence-corrected chi connectivity index (χ2v) is 8.11. The molecule has 0 aliphatic rings. The molecule has 0 bridgehead atoms. The Bertz CT molecular complexity index is 839. The number of nitrogens with zero attached hydrogens (tertiary/aromatic N) is 1. The van der Waals surface area contributed by atoms with Crippen molar-refractivity contribution in [3.8, 4) is 0 Å². The van der Waals surface area contributed by atoms with E-state index < -0.39 is 28.7 Å². The molecule has 0 fully saturated rings. The zero-order valence-corrected chi connectivity index (χ0v) is 11.4. The highest BCUT2D eigenvalue weighted by Gasteiger charge is 2.26. The van der Waals surface area contributed by atoms with Gasteiger partial charge in [-0.15, -0.1) is 0 Å². The molecule has 10 heteroatoms. The molecule has 0 aliphatic carbocycles. The van der Waals surface area contributed by atoms with Gasteiger partial charge in [-0.05, 0) is 12.1 Å². The molecule has 0 amide bonds. The Kier molecular flexibility index (Phi) is 2.80. The zero-order chi connectivity index (χ0) is 13.7. The molecule has 0 saturated heterocycles. The fourth-order valence-corrected chi connectivity index (χ4v) is 4.40. The molecule has 0 saturated carbocycles. The van der Waals surface area contributed by atoms with Crippen LogP contribution in [0.5, 0.6) is 0 Å². The van der Waals surface area contributed by atoms with Crippen LogP contribution in [0.25, 0.3) is 11.0 Å². The van der Waals surface area contributed by atoms with Crippen LogP contribution in [0.2, 0.25) is 0 Å². The minimum Gasteiger partial charge on any atom is -0.369 e. The first kappa shape index (κ1) is 13.1. The molecular weight excluding hydrogens is 302 g/mol. The lowest BCUT2D eigenvalue weighted by Crippen LogP contribution is -2.05. The van der Waals surface area contributed by atoms with Crippen molar-refractivity contribution in [1.82, 2.24) is 9.97 Å². The second kappa shape index (κ2) is 3.84. The highest BCUT2D eigenvalue weighted by Crippen LogP contribution is 2.30. The van der Waals surface area contributed by atoms with Crippen LogP contribution in [0, 0.1) is 0 Å². The van der Waals surface area contributed by atoms with E-state index in [1.54, 1.807) is 0 Å². The first-order valence-electron chi connectivity index (χ1n) is 4.53. The van der Waals surface area contributed by atoms with E-state index >= 15 is 0 Å². The van der Waals surface area contributed by atoms with Crippen molar-refractivity contribution < 1.29 is 16.8 Å². The summed E-state index contributed by atoms with van der Waals surface area (Å²) in [5.74, 6) is -0.0148. The van der Waals surface area contributed by atoms with Crippen molar-refractivity contribution in [2.75, 3.05) is 12.0 Å². The average molecular weight is 310 g/mol. The van der Waals surface area contributed by atoms with Gasteiger partial charge in [0, 0.05) is 16.9 Å². The minimum absolute atomic E-state index is 0.0148. The Labute approximate surface area is 107 Å². The number of sulfone groups is 1. The third-order valence-corrected chi connectivity index (χ3v) is 4.87. The maximum absolute atomic E-state index is 11.7. The molecule has 2 rings (SSSR count). The van der Waals surface area contributed by atoms with E-state index in [-0.39, 0.29) is 11.5 Å². The molecule has 1 heterocycles. The van der Waals surface area contributed by atoms with Crippen molar-refractivity contribution in [2.45, 2.75) is 9.79 Å². The molecule has 0 spiro atoms. The number of halogens is 1. The largest absolute Gasteiger partial charge is 0.369 e. The Hall–Kier alpha value is -1.32. The Morgan fingerprint density at radius 3 is 2.39 bits per heavy atom. The van der Waals surface area contributed by atoms with Crippen LogP contribution in [0.3, 0.4) is 0 Å². The Morgan fingerprint density at radius 1 is 1.28 bits per heavy atom. The molecule has 98 valence electrons. The summed E-state index contributed by atoms with van der Waals surface area (Å²) < 4.78 is 46.2. The van der Waals surface area contributed by atoms with Crippen molar-refractivity contribution >= 4 is 46.6 Å². The smallest absolute Gasteiger partial charge is 0.262 e. The number of fused-ring (bicyclic) bond motifs is 1. The molecule has 7 nitrogen and oxygen atoms in total. The number of aromatic amines is 1. The predicted molar refractivity (Wildman–Crippen MR) is 66.7 cm³/mol. The molecule has 2 aromatic rings. The lowest BCUT2D eigenvalue weighted by molar-refractivity contribution is 0.593. The fourth-order valence-electron chi connectivity index (χ4n) is 1.60. The van der Waals surface area contributed by atoms with Crippen LogP contribution < -0.4 is 5.73 Å². The quantitative estimate of drug-likeness (QED) is 0.778. The van der Waals surface area contributed by atoms with Crippen LogP contribution in [-0.4, -0.2) is 33.1 Å². The summed E-state index contributed by atoms with van der Waals surface area (Å²) in [6.45, 7) is 0. The number of H-pyrrole nitrogens is 1. The van der Waals surface area contributed by atoms with Crippen LogP contribution in [0.1, 0.15) is 0 Å². The monoisotopic (exact) mass is 309 g/mol. The molecule has 3 N–H and O–H groups in total. The van der Waals surface area contributed by atoms with Crippen LogP contribution >= 0.6 is 10.7 Å². The number of nitrogen functional groups attached to an aromatic ring is 1. The number of nitrogens with one attached hydrogen (secondary N) is 1. The standard InChI is InChI=1S/C8H8ClN3O4S2/c1-17(13,14)7-5(18(9,15)16)3-2-4-6(7)12-8(10)11-4/h2-3H,1H3,(H3,10,11,12). The highest BCUT2D eigenvalue weighted by molar-refractivity contribution is 8.14. The predicted octanol–water partition coefficient (Wildman–Crippen LogP) is 0.476. The molecular formula is C8H8ClN3O4S2. The molecule has 0 unspecified atom stereocenters. The number of hydrogen-bond acceptors (Lipinski definition) is 6. The van der Waals surface area contributed by atoms with E-state index in [9.17, 15) is 16.8 Å². The van der Waals surface area contributed by atoms with E-state index in [1.165, 1.54) is 6.07 Å². The van der Waals surface area contributed by atoms with Gasteiger partial charge in [-0.2, -0.15) is 0 Å². The van der Waals surface area contributed by atoms with Crippen molar-refractivity contribution in [2.24, 2.45) is 0 Å². The van der Waals surface area contributed by atoms with Gasteiger partial charge in [-0.1, -0.05) is 0 Å². The van der Waals surface area contributed by atoms with E-state index in [4.69, 9.17) is 16.4 Å². The van der Waals surface area contributed by atoms with Crippen molar-refractivity contribution in [3.05, 3.63) is 12.1 Å². The molecule has 0 radical (unpaired) electrons. The number of imidazole rings is 1. The average Bonchev–Trinajstić information content (AvgIpc) is 2.52. The summed E-state index contributed by atoms with van der Waals surface area (Å²) >= 11 is 0. The summed E-state index contributed by atoms with van der Waals surface area (Å²) in [6, 6.07) is 2.45. The topological polar surface area (TPSA) is 123 Å². The van der Waals surface area contributed by atoms with E-state index in [2.05, 4.69) is 9.97 Å². The van der Waals surface area contributed by atoms with Gasteiger partial charge in [0.1, 0.15) is 15.3 Å². The summed E-state index contributed by atoms with van der Waals surface area (Å²) in [5, 5.41) is 0. The highest BCUT2D eigenvalue weighted by atomic mass is 35.7. The molecule has 0 atom stereocenters. The molecule has 1 aromatic heterocycles. The third-order valence-electron chi connectivity index (χ3n) is 2.22. The normalized spacial score (nSPS) is 13.0. The van der Waals surface area contributed by atoms with Gasteiger partial charge in [-0.25, -0.2) is 21.8 Å². The number of nitrogens with two attached hydrogens (primary N) is 1. The third kappa shape index (κ3) is 2.16. The maximum atomic E-state index is 11.7. The van der Waals surface area contributed by atoms with Gasteiger partial charge >= 0.3 is 0 Å². The summed E-state index contributed by atoms with van der Waals surface area (Å²) in [5.41, 5.74) is 5.69. The second-order valence-electron chi connectivity index (χ2n) is 3.62. The summed E-state index contributed by atoms with van der Waals surface area (Å²) in [6.07, 6.45) is 0.873. The number of benzene rings is 1. The summed E-state index contributed by atoms with van der Waals surface area (Å²) in [7, 11) is -2.82. The van der Waals surface area contributed by atoms with Gasteiger partial charge in [0.25, 0.3) is 9.05 Å². The maximum Gasteiger partial charge on any atom is 0.262 e. The number of rotatable bonds is 2. The molecule has 18 heavy (non-hydrogen) atoms. The van der Waals surface area contributed by atoms with Gasteiger partial charge in [0.2, 0.25) is 0 Å². The van der Waals surface area contributed by atoms with E-state index in [0.29, 0.717) is 5.52 Å². The SMILES string of the molecule is CS(=O)(=O)c1c(S(=O)(=O)Cl)ccc2[nH]c(N)nc12. The number of anilines is 1. The van der Waals surface area contributed by atoms with Crippen LogP contribution in [-0.2, 0) is 18.9 Å². The minimum atomic E-state index is -4.20. The van der Waals surface area contributed by atoms with Crippen LogP contribution in [0.4, 0.5) is 5.95 Å². The molecule has 0 aliphatic heterocycles. The van der Waals surface area contributed by atoms with E-state index in [1.807, 2.05) is 0 Å².